The van der Waals surface area contributed by atoms with Gasteiger partial charge in [0.1, 0.15) is 5.70 Å². The third kappa shape index (κ3) is 2.92. The van der Waals surface area contributed by atoms with Gasteiger partial charge in [-0.2, -0.15) is 0 Å². The number of amides is 1. The van der Waals surface area contributed by atoms with Crippen LogP contribution >= 0.6 is 39.0 Å². The van der Waals surface area contributed by atoms with Crippen molar-refractivity contribution in [2.24, 2.45) is 10.1 Å². The van der Waals surface area contributed by atoms with Crippen LogP contribution in [-0.4, -0.2) is 21.8 Å². The quantitative estimate of drug-likeness (QED) is 0.790. The van der Waals surface area contributed by atoms with Gasteiger partial charge in [0.15, 0.2) is 11.3 Å². The number of nitrogens with one attached hydrogen (secondary N) is 1. The molecule has 1 amide bonds. The fraction of sp³-hybridized carbons (Fsp3) is 0.235. The minimum absolute atomic E-state index is 0.139. The number of carbonyl (C=O) groups is 1. The Morgan fingerprint density at radius 2 is 2.24 bits per heavy atom. The van der Waals surface area contributed by atoms with Crippen LogP contribution in [-0.2, 0) is 4.79 Å². The molecule has 0 aliphatic carbocycles. The van der Waals surface area contributed by atoms with E-state index >= 15 is 0 Å². The molecule has 128 valence electrons. The zero-order chi connectivity index (χ0) is 17.6. The van der Waals surface area contributed by atoms with E-state index in [0.29, 0.717) is 10.9 Å². The fourth-order valence-electron chi connectivity index (χ4n) is 2.87. The van der Waals surface area contributed by atoms with Crippen molar-refractivity contribution < 1.29 is 4.79 Å². The largest absolute Gasteiger partial charge is 0.298 e. The molecule has 1 aromatic carbocycles. The molecule has 1 atom stereocenters. The van der Waals surface area contributed by atoms with Crippen LogP contribution in [0, 0.1) is 6.92 Å². The van der Waals surface area contributed by atoms with Crippen LogP contribution in [0.4, 0.5) is 0 Å². The first-order chi connectivity index (χ1) is 12.1. The Hall–Kier alpha value is -1.64. The molecule has 4 rings (SSSR count). The summed E-state index contributed by atoms with van der Waals surface area (Å²) in [7, 11) is 0. The van der Waals surface area contributed by atoms with Crippen molar-refractivity contribution >= 4 is 55.8 Å². The molecule has 5 nitrogen and oxygen atoms in total. The summed E-state index contributed by atoms with van der Waals surface area (Å²) in [5, 5.41) is 13.6. The van der Waals surface area contributed by atoms with Crippen LogP contribution in [0.3, 0.4) is 0 Å². The number of rotatable bonds is 2. The number of amidine groups is 1. The molecule has 0 saturated carbocycles. The second-order valence-corrected chi connectivity index (χ2v) is 8.73. The van der Waals surface area contributed by atoms with Gasteiger partial charge in [-0.05, 0) is 47.9 Å². The van der Waals surface area contributed by atoms with Gasteiger partial charge in [0.2, 0.25) is 0 Å². The molecule has 25 heavy (non-hydrogen) atoms. The van der Waals surface area contributed by atoms with E-state index in [1.807, 2.05) is 30.5 Å². The topological polar surface area (TPSA) is 57.1 Å². The Morgan fingerprint density at radius 3 is 2.96 bits per heavy atom. The monoisotopic (exact) mass is 434 g/mol. The lowest BCUT2D eigenvalue weighted by atomic mass is 10.1. The lowest BCUT2D eigenvalue weighted by molar-refractivity contribution is -0.116. The minimum atomic E-state index is -0.317. The number of hydrogen-bond donors (Lipinski definition) is 1. The molecule has 2 aromatic rings. The zero-order valence-electron chi connectivity index (χ0n) is 13.6. The van der Waals surface area contributed by atoms with Gasteiger partial charge in [-0.25, -0.2) is 5.01 Å². The molecule has 3 heterocycles. The van der Waals surface area contributed by atoms with Gasteiger partial charge in [0.05, 0.1) is 10.2 Å². The Kier molecular flexibility index (Phi) is 4.43. The van der Waals surface area contributed by atoms with Crippen molar-refractivity contribution in [2.45, 2.75) is 20.0 Å². The highest BCUT2D eigenvalue weighted by molar-refractivity contribution is 9.10. The second-order valence-electron chi connectivity index (χ2n) is 5.62. The Morgan fingerprint density at radius 1 is 1.40 bits per heavy atom. The van der Waals surface area contributed by atoms with Crippen LogP contribution in [0.15, 0.2) is 44.2 Å². The van der Waals surface area contributed by atoms with E-state index in [1.54, 1.807) is 16.3 Å². The number of nitrogens with zero attached hydrogens (tertiary/aromatic N) is 3. The van der Waals surface area contributed by atoms with Gasteiger partial charge in [-0.3, -0.25) is 15.1 Å². The number of thiophene rings is 1. The van der Waals surface area contributed by atoms with Gasteiger partial charge < -0.3 is 0 Å². The Labute approximate surface area is 161 Å². The molecule has 2 aliphatic heterocycles. The third-order valence-corrected chi connectivity index (χ3v) is 6.29. The van der Waals surface area contributed by atoms with Crippen LogP contribution < -0.4 is 15.9 Å². The van der Waals surface area contributed by atoms with Gasteiger partial charge in [0, 0.05) is 9.69 Å². The third-order valence-electron chi connectivity index (χ3n) is 3.99. The summed E-state index contributed by atoms with van der Waals surface area (Å²) in [6.07, 6.45) is -0.317. The lowest BCUT2D eigenvalue weighted by Gasteiger charge is -2.33. The average molecular weight is 435 g/mol. The molecular weight excluding hydrogens is 420 g/mol. The number of thioether (sulfide) groups is 1. The number of fused-ring (bicyclic) bond motifs is 2. The summed E-state index contributed by atoms with van der Waals surface area (Å²) < 4.78 is 0.908. The van der Waals surface area contributed by atoms with E-state index in [-0.39, 0.29) is 12.1 Å². The number of hydrazone groups is 1. The summed E-state index contributed by atoms with van der Waals surface area (Å²) in [6.45, 7) is 4.10. The molecule has 0 saturated heterocycles. The summed E-state index contributed by atoms with van der Waals surface area (Å²) in [6, 6.07) is 7.87. The van der Waals surface area contributed by atoms with Gasteiger partial charge in [-0.15, -0.1) is 16.4 Å². The normalized spacial score (nSPS) is 18.9. The maximum absolute atomic E-state index is 12.9. The minimum Gasteiger partial charge on any atom is -0.298 e. The summed E-state index contributed by atoms with van der Waals surface area (Å²) >= 11 is 6.64. The molecule has 0 radical (unpaired) electrons. The summed E-state index contributed by atoms with van der Waals surface area (Å²) in [4.78, 5) is 18.9. The predicted octanol–water partition coefficient (Wildman–Crippen LogP) is 2.72. The molecule has 1 N–H and O–H groups in total. The molecular formula is C17H15BrN4OS2. The molecule has 0 spiro atoms. The second kappa shape index (κ2) is 6.59. The number of benzene rings is 1. The number of carbonyl (C=O) groups excluding carboxylic acids is 1. The van der Waals surface area contributed by atoms with E-state index in [0.717, 1.165) is 31.2 Å². The van der Waals surface area contributed by atoms with Crippen molar-refractivity contribution in [3.63, 3.8) is 0 Å². The van der Waals surface area contributed by atoms with E-state index < -0.39 is 0 Å². The summed E-state index contributed by atoms with van der Waals surface area (Å²) in [5.41, 5.74) is 1.70. The molecule has 0 bridgehead atoms. The maximum atomic E-state index is 12.9. The smallest absolute Gasteiger partial charge is 0.276 e. The highest BCUT2D eigenvalue weighted by Gasteiger charge is 2.35. The van der Waals surface area contributed by atoms with Crippen LogP contribution in [0.25, 0.3) is 5.70 Å². The van der Waals surface area contributed by atoms with E-state index in [2.05, 4.69) is 34.2 Å². The maximum Gasteiger partial charge on any atom is 0.276 e. The van der Waals surface area contributed by atoms with E-state index in [4.69, 9.17) is 10.1 Å². The SMILES string of the molecule is CCSC1=NN2C(=c3cc(Br)ccc3=N[C@@H]2c2sccc2C)C(=O)N1. The number of aryl methyl sites for hydroxylation is 1. The summed E-state index contributed by atoms with van der Waals surface area (Å²) in [5.74, 6) is 0.698. The van der Waals surface area contributed by atoms with Gasteiger partial charge in [-0.1, -0.05) is 34.6 Å². The number of hydrogen-bond acceptors (Lipinski definition) is 6. The molecule has 0 unspecified atom stereocenters. The highest BCUT2D eigenvalue weighted by Crippen LogP contribution is 2.35. The lowest BCUT2D eigenvalue weighted by Crippen LogP contribution is -2.50. The van der Waals surface area contributed by atoms with Gasteiger partial charge >= 0.3 is 0 Å². The van der Waals surface area contributed by atoms with Crippen molar-refractivity contribution in [1.29, 1.82) is 0 Å². The van der Waals surface area contributed by atoms with Gasteiger partial charge in [0.25, 0.3) is 5.91 Å². The van der Waals surface area contributed by atoms with Crippen molar-refractivity contribution in [3.05, 3.63) is 55.1 Å². The van der Waals surface area contributed by atoms with Crippen LogP contribution in [0.5, 0.6) is 0 Å². The predicted molar refractivity (Wildman–Crippen MR) is 106 cm³/mol. The first kappa shape index (κ1) is 16.8. The van der Waals surface area contributed by atoms with Crippen molar-refractivity contribution in [1.82, 2.24) is 10.3 Å². The average Bonchev–Trinajstić information content (AvgIpc) is 3.00. The Balaban J connectivity index is 1.99. The van der Waals surface area contributed by atoms with Crippen molar-refractivity contribution in [3.8, 4) is 0 Å². The highest BCUT2D eigenvalue weighted by atomic mass is 79.9. The van der Waals surface area contributed by atoms with Crippen molar-refractivity contribution in [2.75, 3.05) is 5.75 Å². The van der Waals surface area contributed by atoms with Crippen LogP contribution in [0.2, 0.25) is 0 Å². The van der Waals surface area contributed by atoms with Crippen LogP contribution in [0.1, 0.15) is 23.5 Å². The van der Waals surface area contributed by atoms with E-state index in [9.17, 15) is 4.79 Å². The standard InChI is InChI=1S/C17H15BrN4OS2/c1-3-24-17-20-16(23)13-11-8-10(18)4-5-12(11)19-15(22(13)21-17)14-9(2)6-7-25-14/h4-8,15H,3H2,1-2H3,(H,20,21,23)/t15-/m0/s1. The first-order valence-electron chi connectivity index (χ1n) is 7.82. The molecule has 8 heteroatoms. The molecule has 0 fully saturated rings. The Bertz CT molecular complexity index is 1010. The molecule has 1 aromatic heterocycles. The molecule has 2 aliphatic rings. The van der Waals surface area contributed by atoms with E-state index in [1.165, 1.54) is 11.8 Å². The first-order valence-corrected chi connectivity index (χ1v) is 10.5. The zero-order valence-corrected chi connectivity index (χ0v) is 16.8. The fourth-order valence-corrected chi connectivity index (χ4v) is 4.77. The number of halogens is 1.